The Labute approximate surface area is 175 Å². The average Bonchev–Trinajstić information content (AvgIpc) is 3.18. The maximum Gasteiger partial charge on any atom is 0.289 e. The highest BCUT2D eigenvalue weighted by Crippen LogP contribution is 2.33. The summed E-state index contributed by atoms with van der Waals surface area (Å²) in [6.45, 7) is 1.21. The van der Waals surface area contributed by atoms with Gasteiger partial charge in [-0.3, -0.25) is 9.59 Å². The number of nitrogens with zero attached hydrogens (tertiary/aromatic N) is 2. The number of thiazole rings is 1. The topological polar surface area (TPSA) is 63.4 Å². The number of carbonyl (C=O) groups is 1. The Morgan fingerprint density at radius 3 is 2.93 bits per heavy atom. The molecule has 0 aliphatic carbocycles. The third-order valence-electron chi connectivity index (χ3n) is 5.27. The van der Waals surface area contributed by atoms with Gasteiger partial charge in [-0.05, 0) is 43.2 Å². The van der Waals surface area contributed by atoms with E-state index >= 15 is 0 Å². The van der Waals surface area contributed by atoms with Gasteiger partial charge in [-0.2, -0.15) is 0 Å². The van der Waals surface area contributed by atoms with Crippen LogP contribution in [0.2, 0.25) is 5.02 Å². The summed E-state index contributed by atoms with van der Waals surface area (Å²) in [6, 6.07) is 14.2. The lowest BCUT2D eigenvalue weighted by atomic mass is 9.98. The highest BCUT2D eigenvalue weighted by molar-refractivity contribution is 7.18. The van der Waals surface area contributed by atoms with Gasteiger partial charge in [-0.25, -0.2) is 4.98 Å². The normalized spacial score (nSPS) is 17.1. The zero-order valence-electron chi connectivity index (χ0n) is 15.4. The van der Waals surface area contributed by atoms with Crippen LogP contribution in [0.15, 0.2) is 57.7 Å². The second-order valence-electron chi connectivity index (χ2n) is 7.23. The van der Waals surface area contributed by atoms with Crippen molar-refractivity contribution >= 4 is 50.0 Å². The summed E-state index contributed by atoms with van der Waals surface area (Å²) in [5, 5.41) is 1.89. The number of para-hydroxylation sites is 1. The van der Waals surface area contributed by atoms with Crippen molar-refractivity contribution in [2.45, 2.75) is 18.8 Å². The van der Waals surface area contributed by atoms with Crippen molar-refractivity contribution in [3.8, 4) is 0 Å². The second-order valence-corrected chi connectivity index (χ2v) is 8.72. The summed E-state index contributed by atoms with van der Waals surface area (Å²) in [5.41, 5.74) is 1.09. The molecule has 0 unspecified atom stereocenters. The van der Waals surface area contributed by atoms with E-state index in [2.05, 4.69) is 6.07 Å². The van der Waals surface area contributed by atoms with E-state index in [1.807, 2.05) is 18.2 Å². The van der Waals surface area contributed by atoms with Crippen LogP contribution in [0.3, 0.4) is 0 Å². The summed E-state index contributed by atoms with van der Waals surface area (Å²) < 4.78 is 6.90. The fourth-order valence-electron chi connectivity index (χ4n) is 3.82. The molecule has 1 fully saturated rings. The van der Waals surface area contributed by atoms with E-state index in [9.17, 15) is 9.59 Å². The Morgan fingerprint density at radius 2 is 2.07 bits per heavy atom. The van der Waals surface area contributed by atoms with Crippen molar-refractivity contribution in [3.63, 3.8) is 0 Å². The molecule has 29 heavy (non-hydrogen) atoms. The quantitative estimate of drug-likeness (QED) is 0.450. The van der Waals surface area contributed by atoms with Gasteiger partial charge in [0.05, 0.1) is 20.6 Å². The van der Waals surface area contributed by atoms with Crippen LogP contribution in [0.5, 0.6) is 0 Å². The van der Waals surface area contributed by atoms with Crippen LogP contribution in [-0.2, 0) is 0 Å². The minimum absolute atomic E-state index is 0.0646. The molecular weight excluding hydrogens is 408 g/mol. The number of aromatic nitrogens is 1. The molecule has 5 nitrogen and oxygen atoms in total. The summed E-state index contributed by atoms with van der Waals surface area (Å²) in [4.78, 5) is 32.0. The molecule has 1 aliphatic heterocycles. The molecule has 1 amide bonds. The van der Waals surface area contributed by atoms with Crippen LogP contribution in [0.1, 0.15) is 34.3 Å². The second kappa shape index (κ2) is 7.28. The first-order chi connectivity index (χ1) is 14.1. The van der Waals surface area contributed by atoms with E-state index in [4.69, 9.17) is 21.0 Å². The summed E-state index contributed by atoms with van der Waals surface area (Å²) in [7, 11) is 0. The van der Waals surface area contributed by atoms with Crippen molar-refractivity contribution in [1.29, 1.82) is 0 Å². The Hall–Kier alpha value is -2.70. The van der Waals surface area contributed by atoms with Crippen LogP contribution in [0.4, 0.5) is 0 Å². The third kappa shape index (κ3) is 3.43. The Bertz CT molecular complexity index is 1260. The van der Waals surface area contributed by atoms with Gasteiger partial charge >= 0.3 is 0 Å². The van der Waals surface area contributed by atoms with Gasteiger partial charge in [0, 0.05) is 30.1 Å². The summed E-state index contributed by atoms with van der Waals surface area (Å²) in [6.07, 6.45) is 1.88. The molecule has 0 bridgehead atoms. The van der Waals surface area contributed by atoms with Crippen molar-refractivity contribution in [2.75, 3.05) is 13.1 Å². The Balaban J connectivity index is 1.43. The molecule has 0 N–H and O–H groups in total. The van der Waals surface area contributed by atoms with Crippen LogP contribution < -0.4 is 5.43 Å². The smallest absolute Gasteiger partial charge is 0.289 e. The predicted octanol–water partition coefficient (Wildman–Crippen LogP) is 5.08. The maximum absolute atomic E-state index is 13.1. The number of amides is 1. The molecule has 0 radical (unpaired) electrons. The fourth-order valence-corrected chi connectivity index (χ4v) is 5.08. The average molecular weight is 425 g/mol. The largest absolute Gasteiger partial charge is 0.451 e. The molecule has 146 valence electrons. The van der Waals surface area contributed by atoms with Gasteiger partial charge in [0.2, 0.25) is 0 Å². The van der Waals surface area contributed by atoms with Gasteiger partial charge in [-0.1, -0.05) is 23.7 Å². The van der Waals surface area contributed by atoms with E-state index in [1.54, 1.807) is 34.4 Å². The summed E-state index contributed by atoms with van der Waals surface area (Å²) in [5.74, 6) is -0.00406. The minimum Gasteiger partial charge on any atom is -0.451 e. The molecule has 0 saturated carbocycles. The maximum atomic E-state index is 13.1. The number of hydrogen-bond donors (Lipinski definition) is 0. The van der Waals surface area contributed by atoms with Gasteiger partial charge in [0.15, 0.2) is 11.2 Å². The van der Waals surface area contributed by atoms with Gasteiger partial charge < -0.3 is 9.32 Å². The Kier molecular flexibility index (Phi) is 4.60. The number of rotatable bonds is 2. The van der Waals surface area contributed by atoms with Crippen molar-refractivity contribution in [2.24, 2.45) is 0 Å². The van der Waals surface area contributed by atoms with E-state index in [0.717, 1.165) is 28.1 Å². The van der Waals surface area contributed by atoms with Gasteiger partial charge in [0.25, 0.3) is 5.91 Å². The molecule has 1 saturated heterocycles. The molecule has 1 aliphatic rings. The molecule has 2 aromatic heterocycles. The first-order valence-corrected chi connectivity index (χ1v) is 10.7. The van der Waals surface area contributed by atoms with Crippen LogP contribution in [-0.4, -0.2) is 28.9 Å². The number of hydrogen-bond acceptors (Lipinski definition) is 5. The van der Waals surface area contributed by atoms with E-state index in [1.165, 1.54) is 6.07 Å². The van der Waals surface area contributed by atoms with Crippen molar-refractivity contribution < 1.29 is 9.21 Å². The molecule has 4 aromatic rings. The molecule has 3 heterocycles. The number of likely N-dealkylation sites (tertiary alicyclic amines) is 1. The SMILES string of the molecule is O=C(c1cc(=O)c2cc(Cl)ccc2o1)N1CCC[C@H](c2nc3ccccc3s2)C1. The van der Waals surface area contributed by atoms with Crippen molar-refractivity contribution in [1.82, 2.24) is 9.88 Å². The molecule has 5 rings (SSSR count). The number of benzene rings is 2. The minimum atomic E-state index is -0.267. The molecule has 1 atom stereocenters. The third-order valence-corrected chi connectivity index (χ3v) is 6.70. The monoisotopic (exact) mass is 424 g/mol. The zero-order valence-corrected chi connectivity index (χ0v) is 17.0. The highest BCUT2D eigenvalue weighted by atomic mass is 35.5. The van der Waals surface area contributed by atoms with E-state index in [-0.39, 0.29) is 23.0 Å². The molecule has 0 spiro atoms. The number of fused-ring (bicyclic) bond motifs is 2. The highest BCUT2D eigenvalue weighted by Gasteiger charge is 2.29. The number of piperidine rings is 1. The van der Waals surface area contributed by atoms with Gasteiger partial charge in [-0.15, -0.1) is 11.3 Å². The zero-order chi connectivity index (χ0) is 20.0. The lowest BCUT2D eigenvalue weighted by Gasteiger charge is -2.31. The Morgan fingerprint density at radius 1 is 1.21 bits per heavy atom. The molecule has 7 heteroatoms. The van der Waals surface area contributed by atoms with Crippen LogP contribution >= 0.6 is 22.9 Å². The molecule has 2 aromatic carbocycles. The van der Waals surface area contributed by atoms with Gasteiger partial charge in [0.1, 0.15) is 5.58 Å². The van der Waals surface area contributed by atoms with Crippen molar-refractivity contribution in [3.05, 3.63) is 74.5 Å². The first-order valence-electron chi connectivity index (χ1n) is 9.46. The van der Waals surface area contributed by atoms with Crippen LogP contribution in [0, 0.1) is 0 Å². The fraction of sp³-hybridized carbons (Fsp3) is 0.227. The molecular formula is C22H17ClN2O3S. The lowest BCUT2D eigenvalue weighted by molar-refractivity contribution is 0.0675. The van der Waals surface area contributed by atoms with E-state index < -0.39 is 0 Å². The lowest BCUT2D eigenvalue weighted by Crippen LogP contribution is -2.39. The van der Waals surface area contributed by atoms with Crippen LogP contribution in [0.25, 0.3) is 21.2 Å². The standard InChI is InChI=1S/C22H17ClN2O3S/c23-14-7-8-18-15(10-14)17(26)11-19(28-18)22(27)25-9-3-4-13(12-25)21-24-16-5-1-2-6-20(16)29-21/h1-2,5-8,10-11,13H,3-4,9,12H2/t13-/m0/s1. The predicted molar refractivity (Wildman–Crippen MR) is 115 cm³/mol. The summed E-state index contributed by atoms with van der Waals surface area (Å²) >= 11 is 7.64. The number of carbonyl (C=O) groups excluding carboxylic acids is 1. The van der Waals surface area contributed by atoms with E-state index in [0.29, 0.717) is 29.1 Å². The number of halogens is 1. The first kappa shape index (κ1) is 18.3.